The summed E-state index contributed by atoms with van der Waals surface area (Å²) >= 11 is 0. The van der Waals surface area contributed by atoms with Crippen molar-refractivity contribution >= 4 is 11.9 Å². The third kappa shape index (κ3) is 43.8. The molecule has 332 valence electrons. The number of ether oxygens (including phenoxy) is 2. The fourth-order valence-corrected chi connectivity index (χ4v) is 8.01. The van der Waals surface area contributed by atoms with Crippen molar-refractivity contribution in [3.05, 3.63) is 12.2 Å². The van der Waals surface area contributed by atoms with E-state index in [1.165, 1.54) is 257 Å². The van der Waals surface area contributed by atoms with Gasteiger partial charge in [0.15, 0.2) is 0 Å². The summed E-state index contributed by atoms with van der Waals surface area (Å²) in [5.74, 6) is -1.26. The number of esters is 2. The molecule has 0 aromatic heterocycles. The normalized spacial score (nSPS) is 11.3. The SMILES string of the molecule is C=C(C(=O)OCCCCCCCCCCCCCCCCCCCCCCCC)C(=O)OCCCCCCCCCCCCCCCCCCCCCCCC. The van der Waals surface area contributed by atoms with Gasteiger partial charge in [-0.2, -0.15) is 0 Å². The number of rotatable bonds is 48. The molecule has 0 saturated heterocycles. The minimum Gasteiger partial charge on any atom is -0.462 e. The van der Waals surface area contributed by atoms with Crippen molar-refractivity contribution in [1.29, 1.82) is 0 Å². The summed E-state index contributed by atoms with van der Waals surface area (Å²) in [6.07, 6.45) is 59.5. The lowest BCUT2D eigenvalue weighted by molar-refractivity contribution is -0.147. The zero-order valence-electron chi connectivity index (χ0n) is 38.4. The van der Waals surface area contributed by atoms with Crippen molar-refractivity contribution in [2.45, 2.75) is 296 Å². The lowest BCUT2D eigenvalue weighted by Gasteiger charge is -2.08. The molecule has 0 rings (SSSR count). The van der Waals surface area contributed by atoms with E-state index in [1.807, 2.05) is 0 Å². The fourth-order valence-electron chi connectivity index (χ4n) is 8.01. The van der Waals surface area contributed by atoms with Crippen LogP contribution in [0.3, 0.4) is 0 Å². The highest BCUT2D eigenvalue weighted by atomic mass is 16.6. The quantitative estimate of drug-likeness (QED) is 0.0203. The van der Waals surface area contributed by atoms with Crippen LogP contribution in [0.15, 0.2) is 12.2 Å². The van der Waals surface area contributed by atoms with Gasteiger partial charge < -0.3 is 9.47 Å². The predicted molar refractivity (Wildman–Crippen MR) is 246 cm³/mol. The van der Waals surface area contributed by atoms with Crippen LogP contribution in [-0.4, -0.2) is 25.2 Å². The average molecular weight is 789 g/mol. The summed E-state index contributed by atoms with van der Waals surface area (Å²) in [5.41, 5.74) is -0.178. The van der Waals surface area contributed by atoms with Crippen LogP contribution in [-0.2, 0) is 19.1 Å². The molecule has 0 spiro atoms. The molecule has 0 fully saturated rings. The second-order valence-corrected chi connectivity index (χ2v) is 17.6. The molecule has 0 aliphatic carbocycles. The maximum atomic E-state index is 12.2. The van der Waals surface area contributed by atoms with E-state index < -0.39 is 11.9 Å². The number of carbonyl (C=O) groups excluding carboxylic acids is 2. The first-order chi connectivity index (χ1) is 27.6. The van der Waals surface area contributed by atoms with Crippen molar-refractivity contribution < 1.29 is 19.1 Å². The lowest BCUT2D eigenvalue weighted by Crippen LogP contribution is -2.18. The number of hydrogen-bond acceptors (Lipinski definition) is 4. The monoisotopic (exact) mass is 789 g/mol. The summed E-state index contributed by atoms with van der Waals surface area (Å²) in [6.45, 7) is 8.91. The van der Waals surface area contributed by atoms with Gasteiger partial charge in [-0.25, -0.2) is 9.59 Å². The molecule has 0 aliphatic heterocycles. The van der Waals surface area contributed by atoms with Crippen LogP contribution >= 0.6 is 0 Å². The molecule has 0 atom stereocenters. The maximum absolute atomic E-state index is 12.2. The molecule has 0 saturated carbocycles. The Labute approximate surface area is 351 Å². The van der Waals surface area contributed by atoms with Crippen LogP contribution in [0.2, 0.25) is 0 Å². The number of hydrogen-bond donors (Lipinski definition) is 0. The Morgan fingerprint density at radius 1 is 0.268 bits per heavy atom. The highest BCUT2D eigenvalue weighted by Gasteiger charge is 2.18. The van der Waals surface area contributed by atoms with Gasteiger partial charge in [0.2, 0.25) is 0 Å². The van der Waals surface area contributed by atoms with Gasteiger partial charge in [0.05, 0.1) is 13.2 Å². The molecular formula is C52H100O4. The van der Waals surface area contributed by atoms with E-state index in [9.17, 15) is 9.59 Å². The predicted octanol–water partition coefficient (Wildman–Crippen LogP) is 17.8. The van der Waals surface area contributed by atoms with Gasteiger partial charge in [-0.05, 0) is 12.8 Å². The van der Waals surface area contributed by atoms with Crippen LogP contribution in [0.4, 0.5) is 0 Å². The Kier molecular flexibility index (Phi) is 46.9. The molecule has 4 nitrogen and oxygen atoms in total. The van der Waals surface area contributed by atoms with Crippen molar-refractivity contribution in [3.63, 3.8) is 0 Å². The standard InChI is InChI=1S/C52H100O4/c1-4-6-8-10-12-14-16-18-20-22-24-26-28-30-32-34-36-38-40-42-44-46-48-55-51(53)50(3)52(54)56-49-47-45-43-41-39-37-35-33-31-29-27-25-23-21-19-17-15-13-11-9-7-5-2/h3-49H2,1-2H3. The molecular weight excluding hydrogens is 689 g/mol. The molecule has 0 bridgehead atoms. The lowest BCUT2D eigenvalue weighted by atomic mass is 10.0. The highest BCUT2D eigenvalue weighted by Crippen LogP contribution is 2.17. The Morgan fingerprint density at radius 2 is 0.411 bits per heavy atom. The topological polar surface area (TPSA) is 52.6 Å². The van der Waals surface area contributed by atoms with Crippen LogP contribution in [0.1, 0.15) is 296 Å². The summed E-state index contributed by atoms with van der Waals surface area (Å²) in [5, 5.41) is 0. The van der Waals surface area contributed by atoms with E-state index in [0.29, 0.717) is 13.2 Å². The second kappa shape index (κ2) is 48.1. The van der Waals surface area contributed by atoms with Crippen molar-refractivity contribution in [3.8, 4) is 0 Å². The van der Waals surface area contributed by atoms with Gasteiger partial charge >= 0.3 is 11.9 Å². The summed E-state index contributed by atoms with van der Waals surface area (Å²) < 4.78 is 10.6. The van der Waals surface area contributed by atoms with Crippen LogP contribution in [0.5, 0.6) is 0 Å². The van der Waals surface area contributed by atoms with E-state index >= 15 is 0 Å². The maximum Gasteiger partial charge on any atom is 0.344 e. The van der Waals surface area contributed by atoms with Crippen molar-refractivity contribution in [1.82, 2.24) is 0 Å². The minimum absolute atomic E-state index is 0.178. The Bertz CT molecular complexity index is 743. The summed E-state index contributed by atoms with van der Waals surface area (Å²) in [6, 6.07) is 0. The van der Waals surface area contributed by atoms with E-state index in [-0.39, 0.29) is 5.57 Å². The van der Waals surface area contributed by atoms with E-state index in [0.717, 1.165) is 25.7 Å². The molecule has 0 heterocycles. The van der Waals surface area contributed by atoms with E-state index in [2.05, 4.69) is 20.4 Å². The Morgan fingerprint density at radius 3 is 0.571 bits per heavy atom. The highest BCUT2D eigenvalue weighted by molar-refractivity contribution is 6.13. The molecule has 0 aromatic carbocycles. The molecule has 0 N–H and O–H groups in total. The Balaban J connectivity index is 3.33. The molecule has 0 aliphatic rings. The second-order valence-electron chi connectivity index (χ2n) is 17.6. The van der Waals surface area contributed by atoms with Crippen LogP contribution < -0.4 is 0 Å². The third-order valence-electron chi connectivity index (χ3n) is 12.0. The van der Waals surface area contributed by atoms with Crippen molar-refractivity contribution in [2.75, 3.05) is 13.2 Å². The molecule has 4 heteroatoms. The fraction of sp³-hybridized carbons (Fsp3) is 0.923. The van der Waals surface area contributed by atoms with Gasteiger partial charge in [0.1, 0.15) is 5.57 Å². The smallest absolute Gasteiger partial charge is 0.344 e. The van der Waals surface area contributed by atoms with Crippen molar-refractivity contribution in [2.24, 2.45) is 0 Å². The largest absolute Gasteiger partial charge is 0.462 e. The van der Waals surface area contributed by atoms with Gasteiger partial charge in [0.25, 0.3) is 0 Å². The zero-order chi connectivity index (χ0) is 40.7. The van der Waals surface area contributed by atoms with Gasteiger partial charge in [-0.1, -0.05) is 290 Å². The first-order valence-electron chi connectivity index (χ1n) is 25.7. The van der Waals surface area contributed by atoms with Gasteiger partial charge in [-0.15, -0.1) is 0 Å². The Hall–Kier alpha value is -1.32. The van der Waals surface area contributed by atoms with Crippen LogP contribution in [0.25, 0.3) is 0 Å². The number of carbonyl (C=O) groups is 2. The van der Waals surface area contributed by atoms with Gasteiger partial charge in [0, 0.05) is 0 Å². The minimum atomic E-state index is -0.632. The van der Waals surface area contributed by atoms with E-state index in [4.69, 9.17) is 9.47 Å². The first-order valence-corrected chi connectivity index (χ1v) is 25.7. The van der Waals surface area contributed by atoms with E-state index in [1.54, 1.807) is 0 Å². The summed E-state index contributed by atoms with van der Waals surface area (Å²) in [7, 11) is 0. The summed E-state index contributed by atoms with van der Waals surface area (Å²) in [4.78, 5) is 24.4. The number of unbranched alkanes of at least 4 members (excludes halogenated alkanes) is 42. The molecule has 0 amide bonds. The first kappa shape index (κ1) is 54.7. The molecule has 0 aromatic rings. The van der Waals surface area contributed by atoms with Gasteiger partial charge in [-0.3, -0.25) is 0 Å². The average Bonchev–Trinajstić information content (AvgIpc) is 3.20. The molecule has 56 heavy (non-hydrogen) atoms. The third-order valence-corrected chi connectivity index (χ3v) is 12.0. The van der Waals surface area contributed by atoms with Crippen LogP contribution in [0, 0.1) is 0 Å². The molecule has 0 unspecified atom stereocenters. The zero-order valence-corrected chi connectivity index (χ0v) is 38.4. The molecule has 0 radical (unpaired) electrons.